The predicted octanol–water partition coefficient (Wildman–Crippen LogP) is 3.52. The van der Waals surface area contributed by atoms with Gasteiger partial charge in [0.15, 0.2) is 0 Å². The summed E-state index contributed by atoms with van der Waals surface area (Å²) in [5.74, 6) is 0.939. The van der Waals surface area contributed by atoms with E-state index in [1.165, 1.54) is 16.6 Å². The molecule has 3 rings (SSSR count). The molecule has 0 unspecified atom stereocenters. The van der Waals surface area contributed by atoms with Crippen molar-refractivity contribution in [2.45, 2.75) is 20.0 Å². The average molecular weight is 308 g/mol. The van der Waals surface area contributed by atoms with Gasteiger partial charge in [0.05, 0.1) is 11.0 Å². The van der Waals surface area contributed by atoms with Crippen molar-refractivity contribution in [1.82, 2.24) is 14.5 Å². The quantitative estimate of drug-likeness (QED) is 0.756. The summed E-state index contributed by atoms with van der Waals surface area (Å²) in [7, 11) is 4.19. The molecule has 0 aliphatic heterocycles. The summed E-state index contributed by atoms with van der Waals surface area (Å²) in [5.41, 5.74) is 4.77. The smallest absolute Gasteiger partial charge is 0.204 e. The number of fused-ring (bicyclic) bond motifs is 1. The topological polar surface area (TPSA) is 33.1 Å². The van der Waals surface area contributed by atoms with Crippen molar-refractivity contribution >= 4 is 17.0 Å². The number of para-hydroxylation sites is 2. The van der Waals surface area contributed by atoms with Gasteiger partial charge in [0, 0.05) is 19.6 Å². The van der Waals surface area contributed by atoms with Crippen LogP contribution in [0.1, 0.15) is 11.1 Å². The van der Waals surface area contributed by atoms with E-state index in [2.05, 4.69) is 78.3 Å². The molecule has 1 heterocycles. The second-order valence-corrected chi connectivity index (χ2v) is 6.22. The second-order valence-electron chi connectivity index (χ2n) is 6.22. The number of imidazole rings is 1. The van der Waals surface area contributed by atoms with Crippen molar-refractivity contribution in [1.29, 1.82) is 0 Å². The molecule has 1 aromatic heterocycles. The first-order valence-electron chi connectivity index (χ1n) is 8.03. The Morgan fingerprint density at radius 3 is 2.52 bits per heavy atom. The van der Waals surface area contributed by atoms with Crippen LogP contribution in [0.15, 0.2) is 48.5 Å². The van der Waals surface area contributed by atoms with Crippen LogP contribution in [-0.2, 0) is 13.1 Å². The molecule has 120 valence electrons. The summed E-state index contributed by atoms with van der Waals surface area (Å²) < 4.78 is 2.27. The molecule has 0 aliphatic rings. The highest BCUT2D eigenvalue weighted by Gasteiger charge is 2.10. The van der Waals surface area contributed by atoms with Gasteiger partial charge in [0.25, 0.3) is 0 Å². The summed E-state index contributed by atoms with van der Waals surface area (Å²) in [6.45, 7) is 4.80. The average Bonchev–Trinajstić information content (AvgIpc) is 2.90. The Hall–Kier alpha value is -2.33. The second kappa shape index (κ2) is 6.84. The Balaban J connectivity index is 1.83. The first kappa shape index (κ1) is 15.6. The molecule has 2 aromatic carbocycles. The third-order valence-corrected chi connectivity index (χ3v) is 4.00. The van der Waals surface area contributed by atoms with E-state index in [1.54, 1.807) is 0 Å². The monoisotopic (exact) mass is 308 g/mol. The molecule has 0 spiro atoms. The SMILES string of the molecule is Cc1ccc(CNc2nc3ccccc3n2CCN(C)C)cc1. The van der Waals surface area contributed by atoms with Crippen LogP contribution >= 0.6 is 0 Å². The van der Waals surface area contributed by atoms with Gasteiger partial charge >= 0.3 is 0 Å². The van der Waals surface area contributed by atoms with E-state index in [-0.39, 0.29) is 0 Å². The van der Waals surface area contributed by atoms with Gasteiger partial charge < -0.3 is 14.8 Å². The lowest BCUT2D eigenvalue weighted by atomic mass is 10.1. The van der Waals surface area contributed by atoms with Crippen LogP contribution in [0.25, 0.3) is 11.0 Å². The molecule has 0 bridgehead atoms. The van der Waals surface area contributed by atoms with E-state index in [0.717, 1.165) is 31.1 Å². The van der Waals surface area contributed by atoms with Crippen LogP contribution in [0.2, 0.25) is 0 Å². The van der Waals surface area contributed by atoms with Crippen LogP contribution < -0.4 is 5.32 Å². The molecule has 0 radical (unpaired) electrons. The maximum absolute atomic E-state index is 4.76. The minimum absolute atomic E-state index is 0.783. The van der Waals surface area contributed by atoms with E-state index in [0.29, 0.717) is 0 Å². The third kappa shape index (κ3) is 3.71. The number of rotatable bonds is 6. The number of nitrogens with one attached hydrogen (secondary N) is 1. The van der Waals surface area contributed by atoms with Crippen LogP contribution in [0.5, 0.6) is 0 Å². The highest BCUT2D eigenvalue weighted by atomic mass is 15.2. The fourth-order valence-corrected chi connectivity index (χ4v) is 2.62. The first-order chi connectivity index (χ1) is 11.1. The maximum atomic E-state index is 4.76. The number of hydrogen-bond acceptors (Lipinski definition) is 3. The van der Waals surface area contributed by atoms with Crippen molar-refractivity contribution in [3.05, 3.63) is 59.7 Å². The molecule has 4 nitrogen and oxygen atoms in total. The van der Waals surface area contributed by atoms with E-state index in [1.807, 2.05) is 6.07 Å². The number of anilines is 1. The third-order valence-electron chi connectivity index (χ3n) is 4.00. The van der Waals surface area contributed by atoms with Crippen molar-refractivity contribution in [3.63, 3.8) is 0 Å². The standard InChI is InChI=1S/C19H24N4/c1-15-8-10-16(11-9-15)14-20-19-21-17-6-4-5-7-18(17)23(19)13-12-22(2)3/h4-11H,12-14H2,1-3H3,(H,20,21). The van der Waals surface area contributed by atoms with Gasteiger partial charge in [-0.3, -0.25) is 0 Å². The number of likely N-dealkylation sites (N-methyl/N-ethyl adjacent to an activating group) is 1. The molecule has 4 heteroatoms. The Morgan fingerprint density at radius 1 is 1.04 bits per heavy atom. The zero-order chi connectivity index (χ0) is 16.2. The van der Waals surface area contributed by atoms with E-state index in [4.69, 9.17) is 4.98 Å². The molecule has 0 atom stereocenters. The summed E-state index contributed by atoms with van der Waals surface area (Å²) in [4.78, 5) is 6.95. The summed E-state index contributed by atoms with van der Waals surface area (Å²) in [5, 5.41) is 3.50. The van der Waals surface area contributed by atoms with Gasteiger partial charge in [-0.25, -0.2) is 4.98 Å². The minimum Gasteiger partial charge on any atom is -0.352 e. The highest BCUT2D eigenvalue weighted by molar-refractivity contribution is 5.78. The molecule has 0 saturated heterocycles. The minimum atomic E-state index is 0.783. The first-order valence-corrected chi connectivity index (χ1v) is 8.03. The molecule has 3 aromatic rings. The Bertz CT molecular complexity index is 772. The number of nitrogens with zero attached hydrogens (tertiary/aromatic N) is 3. The zero-order valence-electron chi connectivity index (χ0n) is 14.1. The molecule has 1 N–H and O–H groups in total. The lowest BCUT2D eigenvalue weighted by Crippen LogP contribution is -2.19. The maximum Gasteiger partial charge on any atom is 0.204 e. The molecule has 23 heavy (non-hydrogen) atoms. The van der Waals surface area contributed by atoms with Crippen LogP contribution in [-0.4, -0.2) is 35.1 Å². The fraction of sp³-hybridized carbons (Fsp3) is 0.316. The zero-order valence-corrected chi connectivity index (χ0v) is 14.1. The van der Waals surface area contributed by atoms with Gasteiger partial charge in [-0.2, -0.15) is 0 Å². The molecule has 0 aliphatic carbocycles. The van der Waals surface area contributed by atoms with Crippen molar-refractivity contribution < 1.29 is 0 Å². The van der Waals surface area contributed by atoms with Gasteiger partial charge in [0.1, 0.15) is 0 Å². The lowest BCUT2D eigenvalue weighted by molar-refractivity contribution is 0.387. The van der Waals surface area contributed by atoms with Crippen LogP contribution in [0, 0.1) is 6.92 Å². The number of aryl methyl sites for hydroxylation is 1. The largest absolute Gasteiger partial charge is 0.352 e. The van der Waals surface area contributed by atoms with E-state index >= 15 is 0 Å². The molecular weight excluding hydrogens is 284 g/mol. The molecular formula is C19H24N4. The summed E-state index contributed by atoms with van der Waals surface area (Å²) in [6, 6.07) is 16.9. The number of hydrogen-bond donors (Lipinski definition) is 1. The van der Waals surface area contributed by atoms with E-state index in [9.17, 15) is 0 Å². The van der Waals surface area contributed by atoms with Gasteiger partial charge in [-0.15, -0.1) is 0 Å². The van der Waals surface area contributed by atoms with Crippen LogP contribution in [0.4, 0.5) is 5.95 Å². The van der Waals surface area contributed by atoms with Gasteiger partial charge in [-0.05, 0) is 38.7 Å². The number of benzene rings is 2. The van der Waals surface area contributed by atoms with Gasteiger partial charge in [0.2, 0.25) is 5.95 Å². The Labute approximate surface area is 137 Å². The predicted molar refractivity (Wildman–Crippen MR) is 96.8 cm³/mol. The fourth-order valence-electron chi connectivity index (χ4n) is 2.62. The molecule has 0 saturated carbocycles. The Kier molecular flexibility index (Phi) is 4.63. The lowest BCUT2D eigenvalue weighted by Gasteiger charge is -2.14. The van der Waals surface area contributed by atoms with Crippen molar-refractivity contribution in [2.75, 3.05) is 26.0 Å². The molecule has 0 amide bonds. The van der Waals surface area contributed by atoms with Gasteiger partial charge in [-0.1, -0.05) is 42.0 Å². The van der Waals surface area contributed by atoms with Crippen LogP contribution in [0.3, 0.4) is 0 Å². The number of aromatic nitrogens is 2. The summed E-state index contributed by atoms with van der Waals surface area (Å²) in [6.07, 6.45) is 0. The highest BCUT2D eigenvalue weighted by Crippen LogP contribution is 2.20. The summed E-state index contributed by atoms with van der Waals surface area (Å²) >= 11 is 0. The van der Waals surface area contributed by atoms with E-state index < -0.39 is 0 Å². The molecule has 0 fully saturated rings. The Morgan fingerprint density at radius 2 is 1.78 bits per heavy atom. The normalized spacial score (nSPS) is 11.3. The van der Waals surface area contributed by atoms with Crippen molar-refractivity contribution in [3.8, 4) is 0 Å². The van der Waals surface area contributed by atoms with Crippen molar-refractivity contribution in [2.24, 2.45) is 0 Å².